The summed E-state index contributed by atoms with van der Waals surface area (Å²) in [5.74, 6) is 2.58. The zero-order chi connectivity index (χ0) is 9.68. The number of benzene rings is 1. The zero-order valence-corrected chi connectivity index (χ0v) is 8.22. The lowest BCUT2D eigenvalue weighted by Crippen LogP contribution is -2.03. The Morgan fingerprint density at radius 1 is 1.46 bits per heavy atom. The Morgan fingerprint density at radius 3 is 2.85 bits per heavy atom. The average Bonchev–Trinajstić information content (AvgIpc) is 2.15. The lowest BCUT2D eigenvalue weighted by Gasteiger charge is -2.11. The van der Waals surface area contributed by atoms with Crippen LogP contribution in [0.3, 0.4) is 0 Å². The maximum Gasteiger partial charge on any atom is 0.0763 e. The van der Waals surface area contributed by atoms with Crippen molar-refractivity contribution in [1.29, 1.82) is 0 Å². The molecular formula is C12H15N. The predicted molar refractivity (Wildman–Crippen MR) is 57.9 cm³/mol. The van der Waals surface area contributed by atoms with Crippen molar-refractivity contribution in [2.45, 2.75) is 20.3 Å². The van der Waals surface area contributed by atoms with Gasteiger partial charge in [-0.2, -0.15) is 0 Å². The second-order valence-corrected chi connectivity index (χ2v) is 3.02. The minimum Gasteiger partial charge on any atom is -0.374 e. The quantitative estimate of drug-likeness (QED) is 0.693. The molecule has 0 aliphatic rings. The first-order valence-corrected chi connectivity index (χ1v) is 4.55. The van der Waals surface area contributed by atoms with Crippen LogP contribution in [0.1, 0.15) is 18.1 Å². The molecule has 13 heavy (non-hydrogen) atoms. The van der Waals surface area contributed by atoms with E-state index in [9.17, 15) is 0 Å². The lowest BCUT2D eigenvalue weighted by molar-refractivity contribution is 1.12. The van der Waals surface area contributed by atoms with Gasteiger partial charge < -0.3 is 5.32 Å². The van der Waals surface area contributed by atoms with E-state index < -0.39 is 0 Å². The molecule has 0 unspecified atom stereocenters. The number of hydrogen-bond acceptors (Lipinski definition) is 1. The number of rotatable bonds is 3. The van der Waals surface area contributed by atoms with Crippen LogP contribution in [0.25, 0.3) is 0 Å². The number of nitrogens with one attached hydrogen (secondary N) is 1. The van der Waals surface area contributed by atoms with Crippen LogP contribution in [-0.4, -0.2) is 6.54 Å². The molecule has 0 aromatic heterocycles. The van der Waals surface area contributed by atoms with E-state index in [4.69, 9.17) is 6.42 Å². The molecule has 0 radical (unpaired) electrons. The van der Waals surface area contributed by atoms with Crippen molar-refractivity contribution in [2.24, 2.45) is 0 Å². The van der Waals surface area contributed by atoms with Crippen LogP contribution in [0.4, 0.5) is 5.69 Å². The molecule has 1 rings (SSSR count). The Morgan fingerprint density at radius 2 is 2.23 bits per heavy atom. The van der Waals surface area contributed by atoms with Crippen molar-refractivity contribution in [3.05, 3.63) is 29.3 Å². The molecule has 68 valence electrons. The fraction of sp³-hybridized carbons (Fsp3) is 0.333. The largest absolute Gasteiger partial charge is 0.374 e. The first kappa shape index (κ1) is 9.67. The van der Waals surface area contributed by atoms with Crippen molar-refractivity contribution in [3.8, 4) is 12.3 Å². The highest BCUT2D eigenvalue weighted by Gasteiger charge is 2.01. The van der Waals surface area contributed by atoms with E-state index in [0.29, 0.717) is 6.54 Å². The Hall–Kier alpha value is -1.42. The van der Waals surface area contributed by atoms with Crippen LogP contribution in [0.5, 0.6) is 0 Å². The Labute approximate surface area is 80.2 Å². The Kier molecular flexibility index (Phi) is 3.40. The van der Waals surface area contributed by atoms with Gasteiger partial charge in [-0.1, -0.05) is 31.0 Å². The fourth-order valence-electron chi connectivity index (χ4n) is 1.42. The van der Waals surface area contributed by atoms with Crippen molar-refractivity contribution in [1.82, 2.24) is 0 Å². The molecule has 0 amide bonds. The van der Waals surface area contributed by atoms with Gasteiger partial charge in [-0.05, 0) is 24.5 Å². The summed E-state index contributed by atoms with van der Waals surface area (Å²) in [6.07, 6.45) is 6.24. The van der Waals surface area contributed by atoms with Crippen LogP contribution in [0.15, 0.2) is 18.2 Å². The molecule has 1 heteroatoms. The SMILES string of the molecule is C#CCNc1c(C)cccc1CC. The summed E-state index contributed by atoms with van der Waals surface area (Å²) in [5.41, 5.74) is 3.79. The summed E-state index contributed by atoms with van der Waals surface area (Å²) in [4.78, 5) is 0. The number of para-hydroxylation sites is 1. The predicted octanol–water partition coefficient (Wildman–Crippen LogP) is 2.60. The van der Waals surface area contributed by atoms with Gasteiger partial charge in [-0.15, -0.1) is 6.42 Å². The molecule has 0 saturated carbocycles. The van der Waals surface area contributed by atoms with Crippen LogP contribution in [0.2, 0.25) is 0 Å². The van der Waals surface area contributed by atoms with Crippen LogP contribution >= 0.6 is 0 Å². The summed E-state index contributed by atoms with van der Waals surface area (Å²) in [6.45, 7) is 4.84. The minimum atomic E-state index is 0.595. The Bertz CT molecular complexity index is 320. The maximum absolute atomic E-state index is 5.21. The molecular weight excluding hydrogens is 158 g/mol. The second kappa shape index (κ2) is 4.57. The van der Waals surface area contributed by atoms with E-state index in [1.807, 2.05) is 0 Å². The topological polar surface area (TPSA) is 12.0 Å². The van der Waals surface area contributed by atoms with Crippen molar-refractivity contribution in [3.63, 3.8) is 0 Å². The Balaban J connectivity index is 2.95. The van der Waals surface area contributed by atoms with E-state index in [0.717, 1.165) is 6.42 Å². The molecule has 1 nitrogen and oxygen atoms in total. The number of terminal acetylenes is 1. The first-order valence-electron chi connectivity index (χ1n) is 4.55. The zero-order valence-electron chi connectivity index (χ0n) is 8.22. The third kappa shape index (κ3) is 2.26. The van der Waals surface area contributed by atoms with Crippen LogP contribution in [-0.2, 0) is 6.42 Å². The number of anilines is 1. The van der Waals surface area contributed by atoms with E-state index in [2.05, 4.69) is 43.3 Å². The molecule has 0 saturated heterocycles. The van der Waals surface area contributed by atoms with Gasteiger partial charge in [0.05, 0.1) is 6.54 Å². The van der Waals surface area contributed by atoms with Gasteiger partial charge in [0.1, 0.15) is 0 Å². The third-order valence-corrected chi connectivity index (χ3v) is 2.11. The van der Waals surface area contributed by atoms with Crippen LogP contribution < -0.4 is 5.32 Å². The lowest BCUT2D eigenvalue weighted by atomic mass is 10.1. The minimum absolute atomic E-state index is 0.595. The second-order valence-electron chi connectivity index (χ2n) is 3.02. The average molecular weight is 173 g/mol. The normalized spacial score (nSPS) is 9.31. The molecule has 1 aromatic rings. The van der Waals surface area contributed by atoms with E-state index in [1.165, 1.54) is 16.8 Å². The van der Waals surface area contributed by atoms with Gasteiger partial charge in [0.15, 0.2) is 0 Å². The summed E-state index contributed by atoms with van der Waals surface area (Å²) in [7, 11) is 0. The smallest absolute Gasteiger partial charge is 0.0763 e. The number of aryl methyl sites for hydroxylation is 2. The summed E-state index contributed by atoms with van der Waals surface area (Å²) >= 11 is 0. The van der Waals surface area contributed by atoms with Gasteiger partial charge in [-0.25, -0.2) is 0 Å². The number of hydrogen-bond donors (Lipinski definition) is 1. The molecule has 1 aromatic carbocycles. The first-order chi connectivity index (χ1) is 6.29. The fourth-order valence-corrected chi connectivity index (χ4v) is 1.42. The highest BCUT2D eigenvalue weighted by Crippen LogP contribution is 2.20. The molecule has 0 spiro atoms. The molecule has 1 N–H and O–H groups in total. The standard InChI is InChI=1S/C12H15N/c1-4-9-13-12-10(3)7-6-8-11(12)5-2/h1,6-8,13H,5,9H2,2-3H3. The maximum atomic E-state index is 5.21. The third-order valence-electron chi connectivity index (χ3n) is 2.11. The molecule has 0 aliphatic heterocycles. The van der Waals surface area contributed by atoms with E-state index in [-0.39, 0.29) is 0 Å². The molecule has 0 fully saturated rings. The van der Waals surface area contributed by atoms with Gasteiger partial charge in [-0.3, -0.25) is 0 Å². The van der Waals surface area contributed by atoms with Crippen LogP contribution in [0, 0.1) is 19.3 Å². The van der Waals surface area contributed by atoms with Gasteiger partial charge in [0.2, 0.25) is 0 Å². The summed E-state index contributed by atoms with van der Waals surface area (Å²) in [5, 5.41) is 3.25. The summed E-state index contributed by atoms with van der Waals surface area (Å²) in [6, 6.07) is 6.30. The van der Waals surface area contributed by atoms with Crippen molar-refractivity contribution in [2.75, 3.05) is 11.9 Å². The van der Waals surface area contributed by atoms with Gasteiger partial charge >= 0.3 is 0 Å². The van der Waals surface area contributed by atoms with Crippen molar-refractivity contribution < 1.29 is 0 Å². The monoisotopic (exact) mass is 173 g/mol. The van der Waals surface area contributed by atoms with Gasteiger partial charge in [0.25, 0.3) is 0 Å². The highest BCUT2D eigenvalue weighted by atomic mass is 14.9. The molecule has 0 atom stereocenters. The van der Waals surface area contributed by atoms with E-state index in [1.54, 1.807) is 0 Å². The molecule has 0 aliphatic carbocycles. The molecule has 0 bridgehead atoms. The van der Waals surface area contributed by atoms with Gasteiger partial charge in [0, 0.05) is 5.69 Å². The molecule has 0 heterocycles. The summed E-state index contributed by atoms with van der Waals surface area (Å²) < 4.78 is 0. The van der Waals surface area contributed by atoms with Crippen molar-refractivity contribution >= 4 is 5.69 Å². The van der Waals surface area contributed by atoms with E-state index >= 15 is 0 Å². The highest BCUT2D eigenvalue weighted by molar-refractivity contribution is 5.57.